The first-order valence-corrected chi connectivity index (χ1v) is 14.1. The van der Waals surface area contributed by atoms with Crippen molar-refractivity contribution < 1.29 is 26.8 Å². The van der Waals surface area contributed by atoms with E-state index in [1.54, 1.807) is 12.3 Å². The molecule has 0 saturated heterocycles. The number of nitrogens with zero attached hydrogens (tertiary/aromatic N) is 1. The number of fused-ring (bicyclic) bond motifs is 1. The van der Waals surface area contributed by atoms with E-state index in [1.807, 2.05) is 24.3 Å². The van der Waals surface area contributed by atoms with Gasteiger partial charge in [0.25, 0.3) is 0 Å². The molecule has 40 heavy (non-hydrogen) atoms. The Kier molecular flexibility index (Phi) is 9.70. The highest BCUT2D eigenvalue weighted by Gasteiger charge is 2.22. The maximum absolute atomic E-state index is 13.8. The van der Waals surface area contributed by atoms with Gasteiger partial charge in [0.15, 0.2) is 27.3 Å². The molecule has 0 radical (unpaired) electrons. The molecule has 0 saturated carbocycles. The Morgan fingerprint density at radius 1 is 0.950 bits per heavy atom. The number of aromatic nitrogens is 1. The number of amides is 1. The van der Waals surface area contributed by atoms with Crippen molar-refractivity contribution in [1.29, 1.82) is 0 Å². The zero-order chi connectivity index (χ0) is 28.2. The van der Waals surface area contributed by atoms with Gasteiger partial charge in [0.2, 0.25) is 5.91 Å². The quantitative estimate of drug-likeness (QED) is 0.289. The van der Waals surface area contributed by atoms with Crippen LogP contribution in [0, 0.1) is 11.6 Å². The lowest BCUT2D eigenvalue weighted by Crippen LogP contribution is -2.43. The van der Waals surface area contributed by atoms with Crippen molar-refractivity contribution in [2.24, 2.45) is 0 Å². The fourth-order valence-corrected chi connectivity index (χ4v) is 5.00. The topological polar surface area (TPSA) is 119 Å². The van der Waals surface area contributed by atoms with Crippen LogP contribution in [-0.4, -0.2) is 37.4 Å². The SMILES string of the molecule is C.CS(=O)(=O)c1cccc(CC(=O)N[C@@H](Cc2ccc(F)c(F)c2)C(=O)CCc2ccc3c(N)nccc3c2)c1. The Balaban J connectivity index is 0.00000441. The van der Waals surface area contributed by atoms with Crippen molar-refractivity contribution in [3.8, 4) is 0 Å². The summed E-state index contributed by atoms with van der Waals surface area (Å²) in [6.07, 6.45) is 2.95. The number of sulfone groups is 1. The summed E-state index contributed by atoms with van der Waals surface area (Å²) in [5, 5.41) is 4.39. The number of nitrogens with two attached hydrogens (primary N) is 1. The molecule has 0 spiro atoms. The second kappa shape index (κ2) is 12.8. The Bertz CT molecular complexity index is 1660. The van der Waals surface area contributed by atoms with Gasteiger partial charge < -0.3 is 11.1 Å². The zero-order valence-electron chi connectivity index (χ0n) is 21.2. The molecule has 0 fully saturated rings. The third-order valence-corrected chi connectivity index (χ3v) is 7.47. The Hall–Kier alpha value is -4.18. The molecule has 3 aromatic carbocycles. The molecule has 0 unspecified atom stereocenters. The Labute approximate surface area is 232 Å². The van der Waals surface area contributed by atoms with Crippen LogP contribution < -0.4 is 11.1 Å². The summed E-state index contributed by atoms with van der Waals surface area (Å²) in [5.74, 6) is -2.44. The lowest BCUT2D eigenvalue weighted by molar-refractivity contribution is -0.127. The van der Waals surface area contributed by atoms with Crippen molar-refractivity contribution in [2.75, 3.05) is 12.0 Å². The van der Waals surface area contributed by atoms with Crippen LogP contribution in [0.2, 0.25) is 0 Å². The summed E-state index contributed by atoms with van der Waals surface area (Å²) in [4.78, 5) is 30.3. The molecule has 4 rings (SSSR count). The number of hydrogen-bond donors (Lipinski definition) is 2. The van der Waals surface area contributed by atoms with E-state index in [1.165, 1.54) is 24.3 Å². The number of Topliss-reactive ketones (excluding diaryl/α,β-unsaturated/α-hetero) is 1. The second-order valence-electron chi connectivity index (χ2n) is 9.39. The van der Waals surface area contributed by atoms with Crippen molar-refractivity contribution in [1.82, 2.24) is 10.3 Å². The number of ketones is 1. The first-order chi connectivity index (χ1) is 18.5. The number of halogens is 2. The van der Waals surface area contributed by atoms with E-state index in [-0.39, 0.29) is 37.4 Å². The molecule has 0 aliphatic carbocycles. The van der Waals surface area contributed by atoms with E-state index in [9.17, 15) is 26.8 Å². The maximum Gasteiger partial charge on any atom is 0.225 e. The second-order valence-corrected chi connectivity index (χ2v) is 11.4. The molecule has 10 heteroatoms. The van der Waals surface area contributed by atoms with E-state index in [0.717, 1.165) is 34.7 Å². The van der Waals surface area contributed by atoms with E-state index in [4.69, 9.17) is 5.73 Å². The monoisotopic (exact) mass is 567 g/mol. The first kappa shape index (κ1) is 30.4. The average Bonchev–Trinajstić information content (AvgIpc) is 2.88. The number of carbonyl (C=O) groups is 2. The number of carbonyl (C=O) groups excluding carboxylic acids is 2. The molecule has 4 aromatic rings. The molecule has 1 aromatic heterocycles. The molecule has 0 bridgehead atoms. The van der Waals surface area contributed by atoms with Crippen LogP contribution in [0.5, 0.6) is 0 Å². The number of aryl methyl sites for hydroxylation is 1. The number of pyridine rings is 1. The molecule has 0 aliphatic heterocycles. The van der Waals surface area contributed by atoms with Gasteiger partial charge in [-0.1, -0.05) is 43.8 Å². The van der Waals surface area contributed by atoms with E-state index in [0.29, 0.717) is 23.4 Å². The number of hydrogen-bond acceptors (Lipinski definition) is 6. The third kappa shape index (κ3) is 7.69. The van der Waals surface area contributed by atoms with Crippen LogP contribution in [0.3, 0.4) is 0 Å². The highest BCUT2D eigenvalue weighted by Crippen LogP contribution is 2.21. The van der Waals surface area contributed by atoms with Gasteiger partial charge in [-0.2, -0.15) is 0 Å². The molecule has 3 N–H and O–H groups in total. The van der Waals surface area contributed by atoms with Crippen LogP contribution in [0.25, 0.3) is 10.8 Å². The van der Waals surface area contributed by atoms with Gasteiger partial charge in [-0.25, -0.2) is 22.2 Å². The van der Waals surface area contributed by atoms with Crippen LogP contribution >= 0.6 is 0 Å². The van der Waals surface area contributed by atoms with E-state index >= 15 is 0 Å². The lowest BCUT2D eigenvalue weighted by atomic mass is 9.96. The average molecular weight is 568 g/mol. The number of nitrogen functional groups attached to an aromatic ring is 1. The summed E-state index contributed by atoms with van der Waals surface area (Å²) in [7, 11) is -3.46. The van der Waals surface area contributed by atoms with Crippen molar-refractivity contribution >= 4 is 38.1 Å². The molecule has 1 atom stereocenters. The fourth-order valence-electron chi connectivity index (χ4n) is 4.31. The Morgan fingerprint density at radius 2 is 1.70 bits per heavy atom. The van der Waals surface area contributed by atoms with Gasteiger partial charge >= 0.3 is 0 Å². The minimum Gasteiger partial charge on any atom is -0.383 e. The predicted molar refractivity (Wildman–Crippen MR) is 151 cm³/mol. The van der Waals surface area contributed by atoms with E-state index in [2.05, 4.69) is 10.3 Å². The maximum atomic E-state index is 13.8. The third-order valence-electron chi connectivity index (χ3n) is 6.36. The molecule has 210 valence electrons. The molecular formula is C30H31F2N3O4S. The predicted octanol–water partition coefficient (Wildman–Crippen LogP) is 4.61. The van der Waals surface area contributed by atoms with Crippen molar-refractivity contribution in [2.45, 2.75) is 44.0 Å². The highest BCUT2D eigenvalue weighted by atomic mass is 32.2. The molecule has 1 heterocycles. The minimum absolute atomic E-state index is 0. The highest BCUT2D eigenvalue weighted by molar-refractivity contribution is 7.90. The Morgan fingerprint density at radius 3 is 2.42 bits per heavy atom. The summed E-state index contributed by atoms with van der Waals surface area (Å²) in [6.45, 7) is 0. The molecular weight excluding hydrogens is 536 g/mol. The van der Waals surface area contributed by atoms with Gasteiger partial charge in [0.1, 0.15) is 5.82 Å². The summed E-state index contributed by atoms with van der Waals surface area (Å²) in [5.41, 5.74) is 7.60. The number of nitrogens with one attached hydrogen (secondary N) is 1. The summed E-state index contributed by atoms with van der Waals surface area (Å²) in [6, 6.07) is 15.8. The standard InChI is InChI=1S/C29H27F2N3O4S.CH4/c1-39(37,38)22-4-2-3-19(14-22)17-28(36)34-26(16-20-6-9-24(30)25(31)15-20)27(35)10-7-18-5-8-23-21(13-18)11-12-33-29(23)32;/h2-6,8-9,11-15,26H,7,10,16-17H2,1H3,(H2,32,33)(H,34,36);1H4/t26-;/m0./s1. The molecule has 1 amide bonds. The van der Waals surface area contributed by atoms with Crippen LogP contribution in [-0.2, 0) is 38.7 Å². The smallest absolute Gasteiger partial charge is 0.225 e. The van der Waals surface area contributed by atoms with Gasteiger partial charge in [-0.3, -0.25) is 9.59 Å². The number of benzene rings is 3. The van der Waals surface area contributed by atoms with E-state index < -0.39 is 33.4 Å². The normalized spacial score (nSPS) is 12.0. The van der Waals surface area contributed by atoms with Crippen LogP contribution in [0.15, 0.2) is 77.8 Å². The molecule has 0 aliphatic rings. The van der Waals surface area contributed by atoms with Crippen LogP contribution in [0.1, 0.15) is 30.5 Å². The summed E-state index contributed by atoms with van der Waals surface area (Å²) < 4.78 is 51.0. The summed E-state index contributed by atoms with van der Waals surface area (Å²) >= 11 is 0. The minimum atomic E-state index is -3.46. The van der Waals surface area contributed by atoms with Gasteiger partial charge in [0, 0.05) is 24.3 Å². The lowest BCUT2D eigenvalue weighted by Gasteiger charge is -2.18. The van der Waals surface area contributed by atoms with Crippen molar-refractivity contribution in [3.63, 3.8) is 0 Å². The fraction of sp³-hybridized carbons (Fsp3) is 0.233. The van der Waals surface area contributed by atoms with Gasteiger partial charge in [-0.15, -0.1) is 0 Å². The number of rotatable bonds is 10. The first-order valence-electron chi connectivity index (χ1n) is 12.2. The van der Waals surface area contributed by atoms with Crippen LogP contribution in [0.4, 0.5) is 14.6 Å². The van der Waals surface area contributed by atoms with Gasteiger partial charge in [0.05, 0.1) is 17.4 Å². The number of anilines is 1. The van der Waals surface area contributed by atoms with Crippen molar-refractivity contribution in [3.05, 3.63) is 101 Å². The van der Waals surface area contributed by atoms with Gasteiger partial charge in [-0.05, 0) is 65.3 Å². The molecule has 7 nitrogen and oxygen atoms in total. The zero-order valence-corrected chi connectivity index (χ0v) is 22.0. The largest absolute Gasteiger partial charge is 0.383 e.